The summed E-state index contributed by atoms with van der Waals surface area (Å²) in [5.74, 6) is 0.470. The smallest absolute Gasteiger partial charge is 0.224 e. The van der Waals surface area contributed by atoms with Gasteiger partial charge in [-0.15, -0.1) is 0 Å². The average molecular weight is 410 g/mol. The molecule has 2 aromatic carbocycles. The molecule has 0 fully saturated rings. The zero-order valence-electron chi connectivity index (χ0n) is 17.4. The predicted molar refractivity (Wildman–Crippen MR) is 119 cm³/mol. The second-order valence-corrected chi connectivity index (χ2v) is 7.16. The second kappa shape index (κ2) is 10.4. The fraction of sp³-hybridized carbons (Fsp3) is 0.304. The third-order valence-electron chi connectivity index (χ3n) is 4.96. The van der Waals surface area contributed by atoms with Crippen LogP contribution in [0.4, 0.5) is 4.39 Å². The summed E-state index contributed by atoms with van der Waals surface area (Å²) in [5.41, 5.74) is 3.08. The molecule has 0 aliphatic heterocycles. The summed E-state index contributed by atoms with van der Waals surface area (Å²) in [6, 6.07) is 14.7. The fourth-order valence-corrected chi connectivity index (χ4v) is 3.32. The van der Waals surface area contributed by atoms with Gasteiger partial charge in [-0.05, 0) is 35.7 Å². The molecule has 1 aromatic heterocycles. The van der Waals surface area contributed by atoms with Gasteiger partial charge in [0.05, 0.1) is 0 Å². The van der Waals surface area contributed by atoms with Gasteiger partial charge in [0.1, 0.15) is 5.82 Å². The Morgan fingerprint density at radius 2 is 1.90 bits per heavy atom. The van der Waals surface area contributed by atoms with E-state index in [0.29, 0.717) is 32.0 Å². The second-order valence-electron chi connectivity index (χ2n) is 7.16. The number of halogens is 1. The summed E-state index contributed by atoms with van der Waals surface area (Å²) in [5, 5.41) is 7.30. The first kappa shape index (κ1) is 21.4. The quantitative estimate of drug-likeness (QED) is 0.396. The van der Waals surface area contributed by atoms with Crippen molar-refractivity contribution in [2.75, 3.05) is 27.2 Å². The highest BCUT2D eigenvalue weighted by molar-refractivity contribution is 5.84. The monoisotopic (exact) mass is 409 g/mol. The van der Waals surface area contributed by atoms with Gasteiger partial charge in [0, 0.05) is 57.3 Å². The number of aromatic amines is 1. The SMILES string of the molecule is CN=C(NCCC(=O)N(C)Cc1ccccc1)NCCc1c[nH]c2ccc(F)cc12. The number of benzene rings is 2. The Morgan fingerprint density at radius 1 is 1.13 bits per heavy atom. The van der Waals surface area contributed by atoms with Gasteiger partial charge in [0.15, 0.2) is 5.96 Å². The lowest BCUT2D eigenvalue weighted by Gasteiger charge is -2.18. The Bertz CT molecular complexity index is 999. The zero-order chi connectivity index (χ0) is 21.3. The van der Waals surface area contributed by atoms with Crippen molar-refractivity contribution in [3.05, 3.63) is 71.7 Å². The number of H-pyrrole nitrogens is 1. The Hall–Kier alpha value is -3.35. The van der Waals surface area contributed by atoms with E-state index in [2.05, 4.69) is 20.6 Å². The summed E-state index contributed by atoms with van der Waals surface area (Å²) in [7, 11) is 3.51. The molecule has 0 aliphatic carbocycles. The lowest BCUT2D eigenvalue weighted by Crippen LogP contribution is -2.40. The number of aliphatic imine (C=N–C) groups is 1. The molecule has 0 saturated heterocycles. The number of carbonyl (C=O) groups excluding carboxylic acids is 1. The Morgan fingerprint density at radius 3 is 2.67 bits per heavy atom. The number of hydrogen-bond donors (Lipinski definition) is 3. The maximum Gasteiger partial charge on any atom is 0.224 e. The molecule has 30 heavy (non-hydrogen) atoms. The Balaban J connectivity index is 1.40. The molecule has 7 heteroatoms. The van der Waals surface area contributed by atoms with E-state index in [1.165, 1.54) is 6.07 Å². The number of amides is 1. The van der Waals surface area contributed by atoms with E-state index in [4.69, 9.17) is 0 Å². The van der Waals surface area contributed by atoms with Crippen LogP contribution in [0.25, 0.3) is 10.9 Å². The molecule has 158 valence electrons. The van der Waals surface area contributed by atoms with Crippen LogP contribution < -0.4 is 10.6 Å². The van der Waals surface area contributed by atoms with Crippen molar-refractivity contribution in [2.24, 2.45) is 4.99 Å². The van der Waals surface area contributed by atoms with Gasteiger partial charge in [0.2, 0.25) is 5.91 Å². The van der Waals surface area contributed by atoms with Crippen LogP contribution in [0.15, 0.2) is 59.7 Å². The maximum atomic E-state index is 13.5. The highest BCUT2D eigenvalue weighted by Gasteiger charge is 2.10. The van der Waals surface area contributed by atoms with Crippen LogP contribution in [-0.2, 0) is 17.8 Å². The lowest BCUT2D eigenvalue weighted by molar-refractivity contribution is -0.130. The molecule has 3 N–H and O–H groups in total. The minimum atomic E-state index is -0.240. The van der Waals surface area contributed by atoms with Crippen molar-refractivity contribution in [3.8, 4) is 0 Å². The van der Waals surface area contributed by atoms with E-state index in [9.17, 15) is 9.18 Å². The molecule has 3 rings (SSSR count). The molecule has 0 atom stereocenters. The molecule has 6 nitrogen and oxygen atoms in total. The predicted octanol–water partition coefficient (Wildman–Crippen LogP) is 3.06. The number of nitrogens with one attached hydrogen (secondary N) is 3. The van der Waals surface area contributed by atoms with Crippen LogP contribution in [0.2, 0.25) is 0 Å². The third-order valence-corrected chi connectivity index (χ3v) is 4.96. The van der Waals surface area contributed by atoms with E-state index in [0.717, 1.165) is 28.5 Å². The lowest BCUT2D eigenvalue weighted by atomic mass is 10.1. The molecular weight excluding hydrogens is 381 g/mol. The van der Waals surface area contributed by atoms with Crippen LogP contribution in [0.5, 0.6) is 0 Å². The van der Waals surface area contributed by atoms with Crippen LogP contribution in [0.1, 0.15) is 17.5 Å². The number of carbonyl (C=O) groups is 1. The van der Waals surface area contributed by atoms with Crippen LogP contribution in [0.3, 0.4) is 0 Å². The van der Waals surface area contributed by atoms with Crippen LogP contribution in [-0.4, -0.2) is 48.9 Å². The molecule has 3 aromatic rings. The van der Waals surface area contributed by atoms with E-state index in [1.54, 1.807) is 24.1 Å². The molecule has 1 heterocycles. The minimum absolute atomic E-state index is 0.0719. The van der Waals surface area contributed by atoms with E-state index < -0.39 is 0 Å². The average Bonchev–Trinajstić information content (AvgIpc) is 3.15. The maximum absolute atomic E-state index is 13.5. The van der Waals surface area contributed by atoms with Gasteiger partial charge in [-0.2, -0.15) is 0 Å². The van der Waals surface area contributed by atoms with Gasteiger partial charge in [0.25, 0.3) is 0 Å². The van der Waals surface area contributed by atoms with E-state index in [-0.39, 0.29) is 11.7 Å². The highest BCUT2D eigenvalue weighted by atomic mass is 19.1. The normalized spacial score (nSPS) is 11.5. The summed E-state index contributed by atoms with van der Waals surface area (Å²) in [6.07, 6.45) is 3.01. The molecule has 0 saturated carbocycles. The number of guanidine groups is 1. The van der Waals surface area contributed by atoms with Crippen molar-refractivity contribution in [3.63, 3.8) is 0 Å². The van der Waals surface area contributed by atoms with Gasteiger partial charge in [-0.25, -0.2) is 4.39 Å². The highest BCUT2D eigenvalue weighted by Crippen LogP contribution is 2.19. The summed E-state index contributed by atoms with van der Waals surface area (Å²) in [4.78, 5) is 21.4. The third kappa shape index (κ3) is 5.83. The number of aromatic nitrogens is 1. The van der Waals surface area contributed by atoms with Crippen molar-refractivity contribution < 1.29 is 9.18 Å². The summed E-state index contributed by atoms with van der Waals surface area (Å²) >= 11 is 0. The fourth-order valence-electron chi connectivity index (χ4n) is 3.32. The Kier molecular flexibility index (Phi) is 7.43. The van der Waals surface area contributed by atoms with Crippen molar-refractivity contribution in [1.29, 1.82) is 0 Å². The number of rotatable bonds is 8. The molecule has 0 bridgehead atoms. The first-order chi connectivity index (χ1) is 14.6. The number of fused-ring (bicyclic) bond motifs is 1. The van der Waals surface area contributed by atoms with E-state index in [1.807, 2.05) is 43.6 Å². The molecular formula is C23H28FN5O. The molecule has 0 radical (unpaired) electrons. The van der Waals surface area contributed by atoms with Crippen LogP contribution >= 0.6 is 0 Å². The van der Waals surface area contributed by atoms with Crippen molar-refractivity contribution in [2.45, 2.75) is 19.4 Å². The topological polar surface area (TPSA) is 72.5 Å². The summed E-state index contributed by atoms with van der Waals surface area (Å²) < 4.78 is 13.5. The number of nitrogens with zero attached hydrogens (tertiary/aromatic N) is 2. The molecule has 0 spiro atoms. The van der Waals surface area contributed by atoms with Gasteiger partial charge >= 0.3 is 0 Å². The van der Waals surface area contributed by atoms with Crippen molar-refractivity contribution in [1.82, 2.24) is 20.5 Å². The Labute approximate surface area is 176 Å². The van der Waals surface area contributed by atoms with Crippen molar-refractivity contribution >= 4 is 22.8 Å². The van der Waals surface area contributed by atoms with Gasteiger partial charge in [-0.1, -0.05) is 30.3 Å². The molecule has 1 amide bonds. The largest absolute Gasteiger partial charge is 0.361 e. The van der Waals surface area contributed by atoms with Gasteiger partial charge < -0.3 is 20.5 Å². The molecule has 0 aliphatic rings. The first-order valence-corrected chi connectivity index (χ1v) is 10.0. The standard InChI is InChI=1S/C23H28FN5O/c1-25-23(26-12-10-18-15-28-21-9-8-19(24)14-20(18)21)27-13-11-22(30)29(2)16-17-6-4-3-5-7-17/h3-9,14-15,28H,10-13,16H2,1-2H3,(H2,25,26,27). The zero-order valence-corrected chi connectivity index (χ0v) is 17.4. The van der Waals surface area contributed by atoms with E-state index >= 15 is 0 Å². The van der Waals surface area contributed by atoms with Gasteiger partial charge in [-0.3, -0.25) is 9.79 Å². The molecule has 0 unspecified atom stereocenters. The number of hydrogen-bond acceptors (Lipinski definition) is 2. The summed E-state index contributed by atoms with van der Waals surface area (Å²) in [6.45, 7) is 1.73. The van der Waals surface area contributed by atoms with Crippen LogP contribution in [0, 0.1) is 5.82 Å². The minimum Gasteiger partial charge on any atom is -0.361 e. The first-order valence-electron chi connectivity index (χ1n) is 10.0.